The SMILES string of the molecule is O=C(O)CC(Cc1cccs1)NCc1ccccc1F. The molecule has 0 radical (unpaired) electrons. The highest BCUT2D eigenvalue weighted by Crippen LogP contribution is 2.14. The number of nitrogens with one attached hydrogen (secondary N) is 1. The normalized spacial score (nSPS) is 12.2. The van der Waals surface area contributed by atoms with Gasteiger partial charge in [-0.3, -0.25) is 4.79 Å². The van der Waals surface area contributed by atoms with Crippen molar-refractivity contribution in [3.8, 4) is 0 Å². The van der Waals surface area contributed by atoms with Gasteiger partial charge in [0.2, 0.25) is 0 Å². The van der Waals surface area contributed by atoms with Crippen LogP contribution in [-0.4, -0.2) is 17.1 Å². The van der Waals surface area contributed by atoms with E-state index in [9.17, 15) is 9.18 Å². The van der Waals surface area contributed by atoms with Crippen molar-refractivity contribution in [3.05, 3.63) is 58.0 Å². The Labute approximate surface area is 121 Å². The Hall–Kier alpha value is -1.72. The van der Waals surface area contributed by atoms with Gasteiger partial charge in [0.1, 0.15) is 5.82 Å². The number of rotatable bonds is 7. The molecule has 0 bridgehead atoms. The zero-order chi connectivity index (χ0) is 14.4. The molecule has 106 valence electrons. The lowest BCUT2D eigenvalue weighted by molar-refractivity contribution is -0.137. The van der Waals surface area contributed by atoms with E-state index >= 15 is 0 Å². The first-order valence-corrected chi connectivity index (χ1v) is 7.24. The fourth-order valence-corrected chi connectivity index (χ4v) is 2.78. The van der Waals surface area contributed by atoms with Crippen molar-refractivity contribution in [3.63, 3.8) is 0 Å². The van der Waals surface area contributed by atoms with Crippen LogP contribution in [-0.2, 0) is 17.8 Å². The molecule has 1 aromatic carbocycles. The molecule has 2 aromatic rings. The van der Waals surface area contributed by atoms with Crippen molar-refractivity contribution in [1.29, 1.82) is 0 Å². The maximum atomic E-state index is 13.5. The van der Waals surface area contributed by atoms with Gasteiger partial charge in [-0.15, -0.1) is 11.3 Å². The molecule has 20 heavy (non-hydrogen) atoms. The first-order chi connectivity index (χ1) is 9.65. The molecule has 5 heteroatoms. The molecule has 0 aliphatic rings. The quantitative estimate of drug-likeness (QED) is 0.825. The zero-order valence-electron chi connectivity index (χ0n) is 10.9. The van der Waals surface area contributed by atoms with Crippen LogP contribution in [0.1, 0.15) is 16.9 Å². The van der Waals surface area contributed by atoms with Crippen LogP contribution < -0.4 is 5.32 Å². The lowest BCUT2D eigenvalue weighted by atomic mass is 10.1. The average Bonchev–Trinajstić information content (AvgIpc) is 2.90. The molecule has 0 spiro atoms. The first-order valence-electron chi connectivity index (χ1n) is 6.36. The number of thiophene rings is 1. The molecule has 0 aliphatic carbocycles. The Morgan fingerprint density at radius 3 is 2.75 bits per heavy atom. The summed E-state index contributed by atoms with van der Waals surface area (Å²) in [7, 11) is 0. The van der Waals surface area contributed by atoms with E-state index in [1.165, 1.54) is 6.07 Å². The van der Waals surface area contributed by atoms with E-state index in [4.69, 9.17) is 5.11 Å². The average molecular weight is 293 g/mol. The van der Waals surface area contributed by atoms with Crippen LogP contribution in [0.2, 0.25) is 0 Å². The number of benzene rings is 1. The molecule has 2 N–H and O–H groups in total. The highest BCUT2D eigenvalue weighted by Gasteiger charge is 2.14. The second-order valence-corrected chi connectivity index (χ2v) is 5.58. The van der Waals surface area contributed by atoms with Crippen molar-refractivity contribution in [2.45, 2.75) is 25.4 Å². The number of carboxylic acids is 1. The third-order valence-corrected chi connectivity index (χ3v) is 3.89. The summed E-state index contributed by atoms with van der Waals surface area (Å²) >= 11 is 1.60. The monoisotopic (exact) mass is 293 g/mol. The van der Waals surface area contributed by atoms with Gasteiger partial charge in [-0.05, 0) is 23.9 Å². The fourth-order valence-electron chi connectivity index (χ4n) is 1.99. The fraction of sp³-hybridized carbons (Fsp3) is 0.267. The predicted octanol–water partition coefficient (Wildman–Crippen LogP) is 3.06. The second kappa shape index (κ2) is 7.17. The summed E-state index contributed by atoms with van der Waals surface area (Å²) in [5.74, 6) is -1.13. The van der Waals surface area contributed by atoms with Gasteiger partial charge in [-0.2, -0.15) is 0 Å². The van der Waals surface area contributed by atoms with E-state index in [1.54, 1.807) is 29.5 Å². The number of carbonyl (C=O) groups is 1. The largest absolute Gasteiger partial charge is 0.481 e. The summed E-state index contributed by atoms with van der Waals surface area (Å²) in [4.78, 5) is 12.0. The van der Waals surface area contributed by atoms with Crippen molar-refractivity contribution < 1.29 is 14.3 Å². The minimum atomic E-state index is -0.854. The van der Waals surface area contributed by atoms with Crippen molar-refractivity contribution in [2.75, 3.05) is 0 Å². The Bertz CT molecular complexity index is 557. The number of halogens is 1. The molecule has 0 aliphatic heterocycles. The van der Waals surface area contributed by atoms with E-state index in [-0.39, 0.29) is 18.3 Å². The smallest absolute Gasteiger partial charge is 0.304 e. The number of carboxylic acid groups (broad SMARTS) is 1. The Balaban J connectivity index is 1.97. The van der Waals surface area contributed by atoms with Gasteiger partial charge >= 0.3 is 5.97 Å². The van der Waals surface area contributed by atoms with Crippen LogP contribution in [0, 0.1) is 5.82 Å². The molecule has 1 aromatic heterocycles. The van der Waals surface area contributed by atoms with Gasteiger partial charge < -0.3 is 10.4 Å². The maximum absolute atomic E-state index is 13.5. The molecule has 1 atom stereocenters. The van der Waals surface area contributed by atoms with Gasteiger partial charge in [0.15, 0.2) is 0 Å². The van der Waals surface area contributed by atoms with Crippen molar-refractivity contribution in [1.82, 2.24) is 5.32 Å². The van der Waals surface area contributed by atoms with Crippen LogP contribution >= 0.6 is 11.3 Å². The summed E-state index contributed by atoms with van der Waals surface area (Å²) in [6.07, 6.45) is 0.658. The number of hydrogen-bond acceptors (Lipinski definition) is 3. The topological polar surface area (TPSA) is 49.3 Å². The maximum Gasteiger partial charge on any atom is 0.304 e. The van der Waals surface area contributed by atoms with Gasteiger partial charge in [0, 0.05) is 23.0 Å². The number of hydrogen-bond donors (Lipinski definition) is 2. The minimum absolute atomic E-state index is 0.0202. The van der Waals surface area contributed by atoms with Crippen LogP contribution in [0.4, 0.5) is 4.39 Å². The van der Waals surface area contributed by atoms with E-state index in [0.29, 0.717) is 18.5 Å². The third-order valence-electron chi connectivity index (χ3n) is 2.99. The van der Waals surface area contributed by atoms with Crippen LogP contribution in [0.25, 0.3) is 0 Å². The molecule has 1 unspecified atom stereocenters. The summed E-state index contributed by atoms with van der Waals surface area (Å²) in [5, 5.41) is 14.0. The second-order valence-electron chi connectivity index (χ2n) is 4.55. The van der Waals surface area contributed by atoms with Gasteiger partial charge in [-0.1, -0.05) is 24.3 Å². The van der Waals surface area contributed by atoms with Gasteiger partial charge in [0.25, 0.3) is 0 Å². The standard InChI is InChI=1S/C15H16FNO2S/c16-14-6-2-1-4-11(14)10-17-12(9-15(18)19)8-13-5-3-7-20-13/h1-7,12,17H,8-10H2,(H,18,19). The first kappa shape index (κ1) is 14.7. The predicted molar refractivity (Wildman–Crippen MR) is 77.3 cm³/mol. The van der Waals surface area contributed by atoms with Crippen molar-refractivity contribution >= 4 is 17.3 Å². The van der Waals surface area contributed by atoms with E-state index in [0.717, 1.165) is 4.88 Å². The molecule has 2 rings (SSSR count). The van der Waals surface area contributed by atoms with Crippen LogP contribution in [0.5, 0.6) is 0 Å². The molecule has 3 nitrogen and oxygen atoms in total. The van der Waals surface area contributed by atoms with E-state index in [2.05, 4.69) is 5.32 Å². The Kier molecular flexibility index (Phi) is 5.26. The van der Waals surface area contributed by atoms with Crippen LogP contribution in [0.15, 0.2) is 41.8 Å². The molecule has 0 amide bonds. The summed E-state index contributed by atoms with van der Waals surface area (Å²) in [6, 6.07) is 10.2. The minimum Gasteiger partial charge on any atom is -0.481 e. The Morgan fingerprint density at radius 1 is 1.30 bits per heavy atom. The zero-order valence-corrected chi connectivity index (χ0v) is 11.7. The number of aliphatic carboxylic acids is 1. The molecule has 1 heterocycles. The molecule has 0 saturated carbocycles. The third kappa shape index (κ3) is 4.43. The van der Waals surface area contributed by atoms with E-state index in [1.807, 2.05) is 17.5 Å². The van der Waals surface area contributed by atoms with E-state index < -0.39 is 5.97 Å². The van der Waals surface area contributed by atoms with Gasteiger partial charge in [-0.25, -0.2) is 4.39 Å². The van der Waals surface area contributed by atoms with Crippen LogP contribution in [0.3, 0.4) is 0 Å². The summed E-state index contributed by atoms with van der Waals surface area (Å²) in [5.41, 5.74) is 0.550. The lowest BCUT2D eigenvalue weighted by Crippen LogP contribution is -2.33. The molecule has 0 saturated heterocycles. The lowest BCUT2D eigenvalue weighted by Gasteiger charge is -2.16. The summed E-state index contributed by atoms with van der Waals surface area (Å²) in [6.45, 7) is 0.329. The highest BCUT2D eigenvalue weighted by molar-refractivity contribution is 7.09. The van der Waals surface area contributed by atoms with Gasteiger partial charge in [0.05, 0.1) is 6.42 Å². The molecular weight excluding hydrogens is 277 g/mol. The summed E-state index contributed by atoms with van der Waals surface area (Å²) < 4.78 is 13.5. The van der Waals surface area contributed by atoms with Crippen molar-refractivity contribution in [2.24, 2.45) is 0 Å². The highest BCUT2D eigenvalue weighted by atomic mass is 32.1. The molecular formula is C15H16FNO2S. The molecule has 0 fully saturated rings. The Morgan fingerprint density at radius 2 is 2.10 bits per heavy atom.